The number of hydrogen-bond donors (Lipinski definition) is 4. The lowest BCUT2D eigenvalue weighted by Gasteiger charge is -2.02. The normalized spacial score (nSPS) is 13.0. The number of aromatic nitrogens is 2. The van der Waals surface area contributed by atoms with Crippen LogP contribution in [0.2, 0.25) is 0 Å². The first-order valence-corrected chi connectivity index (χ1v) is 4.59. The van der Waals surface area contributed by atoms with Gasteiger partial charge in [-0.25, -0.2) is 0 Å². The molecule has 0 radical (unpaired) electrons. The number of nitrogens with zero attached hydrogens (tertiary/aromatic N) is 2. The molecule has 0 fully saturated rings. The van der Waals surface area contributed by atoms with Gasteiger partial charge in [-0.2, -0.15) is 0 Å². The average molecular weight is 218 g/mol. The number of rotatable bonds is 3. The van der Waals surface area contributed by atoms with Crippen LogP contribution in [0, 0.1) is 0 Å². The largest absolute Gasteiger partial charge is 0.410 e. The molecule has 6 heteroatoms. The molecule has 0 aliphatic rings. The van der Waals surface area contributed by atoms with Crippen molar-refractivity contribution in [1.29, 1.82) is 0 Å². The van der Waals surface area contributed by atoms with Crippen LogP contribution in [-0.2, 0) is 0 Å². The van der Waals surface area contributed by atoms with Gasteiger partial charge in [0.25, 0.3) is 0 Å². The summed E-state index contributed by atoms with van der Waals surface area (Å²) >= 11 is 0. The summed E-state index contributed by atoms with van der Waals surface area (Å²) in [6.07, 6.45) is 3.37. The second-order valence-corrected chi connectivity index (χ2v) is 3.06. The SMILES string of the molecule is O/N=C(\C(=N\O)c1ccc[nH]1)c1ccc[nH]1. The highest BCUT2D eigenvalue weighted by Crippen LogP contribution is 2.06. The van der Waals surface area contributed by atoms with Gasteiger partial charge in [-0.15, -0.1) is 0 Å². The molecule has 0 spiro atoms. The summed E-state index contributed by atoms with van der Waals surface area (Å²) in [6.45, 7) is 0. The Labute approximate surface area is 90.9 Å². The molecule has 0 bridgehead atoms. The van der Waals surface area contributed by atoms with Gasteiger partial charge in [0, 0.05) is 12.4 Å². The Kier molecular flexibility index (Phi) is 2.73. The van der Waals surface area contributed by atoms with E-state index in [2.05, 4.69) is 20.3 Å². The van der Waals surface area contributed by atoms with Crippen molar-refractivity contribution in [2.45, 2.75) is 0 Å². The van der Waals surface area contributed by atoms with Crippen molar-refractivity contribution in [2.75, 3.05) is 0 Å². The van der Waals surface area contributed by atoms with Crippen LogP contribution < -0.4 is 0 Å². The molecule has 2 rings (SSSR count). The van der Waals surface area contributed by atoms with Crippen molar-refractivity contribution in [2.24, 2.45) is 10.3 Å². The van der Waals surface area contributed by atoms with Crippen molar-refractivity contribution < 1.29 is 10.4 Å². The predicted molar refractivity (Wildman–Crippen MR) is 58.2 cm³/mol. The van der Waals surface area contributed by atoms with Gasteiger partial charge >= 0.3 is 0 Å². The smallest absolute Gasteiger partial charge is 0.157 e. The maximum absolute atomic E-state index is 8.96. The minimum atomic E-state index is 0.162. The maximum Gasteiger partial charge on any atom is 0.157 e. The minimum absolute atomic E-state index is 0.162. The van der Waals surface area contributed by atoms with E-state index < -0.39 is 0 Å². The van der Waals surface area contributed by atoms with Crippen LogP contribution in [0.3, 0.4) is 0 Å². The van der Waals surface area contributed by atoms with Crippen LogP contribution in [0.5, 0.6) is 0 Å². The van der Waals surface area contributed by atoms with E-state index in [1.165, 1.54) is 0 Å². The third kappa shape index (κ3) is 1.68. The van der Waals surface area contributed by atoms with Crippen LogP contribution in [0.4, 0.5) is 0 Å². The lowest BCUT2D eigenvalue weighted by Crippen LogP contribution is -2.18. The van der Waals surface area contributed by atoms with Gasteiger partial charge in [-0.05, 0) is 24.3 Å². The molecule has 2 aromatic heterocycles. The molecular weight excluding hydrogens is 208 g/mol. The first-order valence-electron chi connectivity index (χ1n) is 4.59. The van der Waals surface area contributed by atoms with Gasteiger partial charge in [0.05, 0.1) is 11.4 Å². The Bertz CT molecular complexity index is 449. The van der Waals surface area contributed by atoms with E-state index in [0.717, 1.165) is 0 Å². The topological polar surface area (TPSA) is 96.8 Å². The van der Waals surface area contributed by atoms with Crippen molar-refractivity contribution in [3.8, 4) is 0 Å². The van der Waals surface area contributed by atoms with E-state index in [-0.39, 0.29) is 11.4 Å². The van der Waals surface area contributed by atoms with Crippen LogP contribution >= 0.6 is 0 Å². The molecule has 0 aromatic carbocycles. The monoisotopic (exact) mass is 218 g/mol. The Hall–Kier alpha value is -2.50. The Morgan fingerprint density at radius 3 is 1.56 bits per heavy atom. The molecule has 82 valence electrons. The number of hydrogen-bond acceptors (Lipinski definition) is 4. The second kappa shape index (κ2) is 4.35. The zero-order valence-electron chi connectivity index (χ0n) is 8.25. The molecule has 0 saturated heterocycles. The van der Waals surface area contributed by atoms with Gasteiger partial charge in [0.15, 0.2) is 11.4 Å². The van der Waals surface area contributed by atoms with Gasteiger partial charge < -0.3 is 20.4 Å². The zero-order chi connectivity index (χ0) is 11.4. The summed E-state index contributed by atoms with van der Waals surface area (Å²) < 4.78 is 0. The molecule has 0 amide bonds. The Balaban J connectivity index is 2.43. The number of aromatic amines is 2. The summed E-state index contributed by atoms with van der Waals surface area (Å²) in [5.74, 6) is 0. The molecule has 0 atom stereocenters. The van der Waals surface area contributed by atoms with Crippen molar-refractivity contribution >= 4 is 11.4 Å². The second-order valence-electron chi connectivity index (χ2n) is 3.06. The van der Waals surface area contributed by atoms with Crippen LogP contribution in [0.1, 0.15) is 11.4 Å². The highest BCUT2D eigenvalue weighted by molar-refractivity contribution is 6.52. The van der Waals surface area contributed by atoms with Gasteiger partial charge in [0.1, 0.15) is 0 Å². The van der Waals surface area contributed by atoms with E-state index in [0.29, 0.717) is 11.4 Å². The van der Waals surface area contributed by atoms with Crippen molar-refractivity contribution in [1.82, 2.24) is 9.97 Å². The maximum atomic E-state index is 8.96. The standard InChI is InChI=1S/C10H10N4O2/c15-13-9(7-3-1-5-11-7)10(14-16)8-4-2-6-12-8/h1-6,11-12,15-16H/b13-9-,14-10+. The van der Waals surface area contributed by atoms with Crippen molar-refractivity contribution in [3.05, 3.63) is 48.0 Å². The van der Waals surface area contributed by atoms with E-state index in [1.54, 1.807) is 36.7 Å². The quantitative estimate of drug-likeness (QED) is 0.356. The van der Waals surface area contributed by atoms with Gasteiger partial charge in [-0.3, -0.25) is 0 Å². The third-order valence-electron chi connectivity index (χ3n) is 2.13. The van der Waals surface area contributed by atoms with E-state index in [9.17, 15) is 0 Å². The van der Waals surface area contributed by atoms with Crippen LogP contribution in [0.25, 0.3) is 0 Å². The van der Waals surface area contributed by atoms with Crippen LogP contribution in [0.15, 0.2) is 47.0 Å². The molecule has 16 heavy (non-hydrogen) atoms. The molecule has 0 aliphatic carbocycles. The summed E-state index contributed by atoms with van der Waals surface area (Å²) in [5, 5.41) is 24.2. The lowest BCUT2D eigenvalue weighted by molar-refractivity contribution is 0.314. The minimum Gasteiger partial charge on any atom is -0.410 e. The molecule has 4 N–H and O–H groups in total. The number of nitrogens with one attached hydrogen (secondary N) is 2. The van der Waals surface area contributed by atoms with E-state index in [4.69, 9.17) is 10.4 Å². The molecule has 0 unspecified atom stereocenters. The highest BCUT2D eigenvalue weighted by atomic mass is 16.4. The first kappa shape index (κ1) is 10.0. The fraction of sp³-hybridized carbons (Fsp3) is 0. The summed E-state index contributed by atoms with van der Waals surface area (Å²) in [4.78, 5) is 5.74. The molecule has 2 heterocycles. The van der Waals surface area contributed by atoms with E-state index in [1.807, 2.05) is 0 Å². The highest BCUT2D eigenvalue weighted by Gasteiger charge is 2.17. The van der Waals surface area contributed by atoms with Gasteiger partial charge in [0.2, 0.25) is 0 Å². The Morgan fingerprint density at radius 2 is 1.31 bits per heavy atom. The molecule has 2 aromatic rings. The summed E-state index contributed by atoms with van der Waals surface area (Å²) in [7, 11) is 0. The molecule has 6 nitrogen and oxygen atoms in total. The fourth-order valence-corrected chi connectivity index (χ4v) is 1.41. The van der Waals surface area contributed by atoms with E-state index >= 15 is 0 Å². The molecular formula is C10H10N4O2. The van der Waals surface area contributed by atoms with Crippen LogP contribution in [-0.4, -0.2) is 31.8 Å². The van der Waals surface area contributed by atoms with Gasteiger partial charge in [-0.1, -0.05) is 10.3 Å². The molecule has 0 saturated carbocycles. The van der Waals surface area contributed by atoms with Crippen molar-refractivity contribution in [3.63, 3.8) is 0 Å². The molecule has 0 aliphatic heterocycles. The fourth-order valence-electron chi connectivity index (χ4n) is 1.41. The third-order valence-corrected chi connectivity index (χ3v) is 2.13. The predicted octanol–water partition coefficient (Wildman–Crippen LogP) is 1.40. The number of H-pyrrole nitrogens is 2. The summed E-state index contributed by atoms with van der Waals surface area (Å²) in [5.41, 5.74) is 1.44. The average Bonchev–Trinajstić information content (AvgIpc) is 2.97. The Morgan fingerprint density at radius 1 is 0.875 bits per heavy atom. The summed E-state index contributed by atoms with van der Waals surface area (Å²) in [6, 6.07) is 6.93. The lowest BCUT2D eigenvalue weighted by atomic mass is 10.1. The first-order chi connectivity index (χ1) is 7.86. The zero-order valence-corrected chi connectivity index (χ0v) is 8.25. The number of oxime groups is 2.